The maximum Gasteiger partial charge on any atom is 0.303 e. The first-order valence-electron chi connectivity index (χ1n) is 6.09. The maximum atomic E-state index is 10.4. The van der Waals surface area contributed by atoms with E-state index in [2.05, 4.69) is 27.7 Å². The molecule has 0 aliphatic heterocycles. The van der Waals surface area contributed by atoms with Crippen LogP contribution in [0.15, 0.2) is 0 Å². The molecule has 1 atom stereocenters. The Morgan fingerprint density at radius 3 is 2.20 bits per heavy atom. The predicted octanol–water partition coefficient (Wildman–Crippen LogP) is 4.09. The Morgan fingerprint density at radius 1 is 1.20 bits per heavy atom. The van der Waals surface area contributed by atoms with E-state index in [4.69, 9.17) is 5.11 Å². The first kappa shape index (κ1) is 14.5. The van der Waals surface area contributed by atoms with E-state index in [1.54, 1.807) is 0 Å². The van der Waals surface area contributed by atoms with E-state index in [0.717, 1.165) is 18.8 Å². The highest BCUT2D eigenvalue weighted by Crippen LogP contribution is 2.33. The van der Waals surface area contributed by atoms with Gasteiger partial charge in [0.1, 0.15) is 0 Å². The van der Waals surface area contributed by atoms with E-state index in [-0.39, 0.29) is 0 Å². The summed E-state index contributed by atoms with van der Waals surface area (Å²) in [5, 5.41) is 8.54. The lowest BCUT2D eigenvalue weighted by Crippen LogP contribution is -2.20. The van der Waals surface area contributed by atoms with Gasteiger partial charge in [0.25, 0.3) is 0 Å². The zero-order valence-electron chi connectivity index (χ0n) is 10.7. The fraction of sp³-hybridized carbons (Fsp3) is 0.923. The van der Waals surface area contributed by atoms with Crippen LogP contribution in [0.4, 0.5) is 0 Å². The molecule has 0 saturated heterocycles. The largest absolute Gasteiger partial charge is 0.481 e. The first-order valence-corrected chi connectivity index (χ1v) is 6.09. The summed E-state index contributed by atoms with van der Waals surface area (Å²) >= 11 is 0. The van der Waals surface area contributed by atoms with Crippen LogP contribution in [0.5, 0.6) is 0 Å². The van der Waals surface area contributed by atoms with Crippen molar-refractivity contribution in [3.63, 3.8) is 0 Å². The molecule has 0 heterocycles. The van der Waals surface area contributed by atoms with Crippen LogP contribution in [0, 0.1) is 11.3 Å². The van der Waals surface area contributed by atoms with Gasteiger partial charge in [-0.05, 0) is 24.2 Å². The Labute approximate surface area is 94.1 Å². The lowest BCUT2D eigenvalue weighted by molar-refractivity contribution is -0.137. The Morgan fingerprint density at radius 2 is 1.80 bits per heavy atom. The van der Waals surface area contributed by atoms with Gasteiger partial charge in [-0.15, -0.1) is 0 Å². The molecule has 15 heavy (non-hydrogen) atoms. The molecule has 2 nitrogen and oxygen atoms in total. The van der Waals surface area contributed by atoms with E-state index < -0.39 is 5.97 Å². The molecule has 0 aromatic carbocycles. The molecule has 0 aliphatic carbocycles. The van der Waals surface area contributed by atoms with Crippen molar-refractivity contribution in [1.29, 1.82) is 0 Å². The van der Waals surface area contributed by atoms with Gasteiger partial charge in [0.15, 0.2) is 0 Å². The lowest BCUT2D eigenvalue weighted by Gasteiger charge is -2.30. The van der Waals surface area contributed by atoms with Gasteiger partial charge in [0.05, 0.1) is 0 Å². The number of hydrogen-bond acceptors (Lipinski definition) is 1. The van der Waals surface area contributed by atoms with E-state index in [9.17, 15) is 4.79 Å². The zero-order chi connectivity index (χ0) is 11.9. The summed E-state index contributed by atoms with van der Waals surface area (Å²) in [6.45, 7) is 9.07. The Balaban J connectivity index is 3.82. The highest BCUT2D eigenvalue weighted by Gasteiger charge is 2.22. The summed E-state index contributed by atoms with van der Waals surface area (Å²) in [4.78, 5) is 10.4. The molecule has 2 heteroatoms. The van der Waals surface area contributed by atoms with E-state index >= 15 is 0 Å². The maximum absolute atomic E-state index is 10.4. The highest BCUT2D eigenvalue weighted by atomic mass is 16.4. The molecule has 0 radical (unpaired) electrons. The summed E-state index contributed by atoms with van der Waals surface area (Å²) in [5.74, 6) is 0.0640. The average molecular weight is 214 g/mol. The summed E-state index contributed by atoms with van der Waals surface area (Å²) in [5.41, 5.74) is 0.360. The minimum atomic E-state index is -0.669. The summed E-state index contributed by atoms with van der Waals surface area (Å²) in [6.07, 6.45) is 5.85. The summed E-state index contributed by atoms with van der Waals surface area (Å²) < 4.78 is 0. The van der Waals surface area contributed by atoms with E-state index in [1.165, 1.54) is 19.3 Å². The third-order valence-corrected chi connectivity index (χ3v) is 3.06. The fourth-order valence-electron chi connectivity index (χ4n) is 2.03. The van der Waals surface area contributed by atoms with Crippen molar-refractivity contribution in [3.05, 3.63) is 0 Å². The minimum absolute atomic E-state index is 0.322. The van der Waals surface area contributed by atoms with Crippen LogP contribution in [-0.2, 0) is 4.79 Å². The first-order chi connectivity index (χ1) is 6.88. The normalized spacial score (nSPS) is 13.9. The minimum Gasteiger partial charge on any atom is -0.481 e. The Hall–Kier alpha value is -0.530. The molecule has 0 fully saturated rings. The molecule has 0 saturated carbocycles. The van der Waals surface area contributed by atoms with Crippen LogP contribution in [-0.4, -0.2) is 11.1 Å². The topological polar surface area (TPSA) is 37.3 Å². The van der Waals surface area contributed by atoms with Gasteiger partial charge in [-0.25, -0.2) is 0 Å². The van der Waals surface area contributed by atoms with Gasteiger partial charge >= 0.3 is 5.97 Å². The molecule has 1 N–H and O–H groups in total. The molecule has 0 bridgehead atoms. The number of hydrogen-bond donors (Lipinski definition) is 1. The monoisotopic (exact) mass is 214 g/mol. The van der Waals surface area contributed by atoms with Gasteiger partial charge in [0.2, 0.25) is 0 Å². The molecule has 0 rings (SSSR count). The van der Waals surface area contributed by atoms with Gasteiger partial charge in [-0.2, -0.15) is 0 Å². The Kier molecular flexibility index (Phi) is 6.62. The highest BCUT2D eigenvalue weighted by molar-refractivity contribution is 5.66. The number of aliphatic carboxylic acids is 1. The number of carboxylic acids is 1. The van der Waals surface area contributed by atoms with Gasteiger partial charge in [0, 0.05) is 6.42 Å². The molecule has 0 aromatic heterocycles. The molecule has 0 amide bonds. The van der Waals surface area contributed by atoms with Crippen LogP contribution in [0.25, 0.3) is 0 Å². The summed E-state index contributed by atoms with van der Waals surface area (Å²) in [6, 6.07) is 0. The van der Waals surface area contributed by atoms with Crippen molar-refractivity contribution < 1.29 is 9.90 Å². The zero-order valence-corrected chi connectivity index (χ0v) is 10.7. The van der Waals surface area contributed by atoms with Crippen molar-refractivity contribution in [2.75, 3.05) is 0 Å². The fourth-order valence-corrected chi connectivity index (χ4v) is 2.03. The van der Waals surface area contributed by atoms with Crippen molar-refractivity contribution in [3.8, 4) is 0 Å². The van der Waals surface area contributed by atoms with Crippen LogP contribution in [0.2, 0.25) is 0 Å². The Bertz CT molecular complexity index is 179. The van der Waals surface area contributed by atoms with Gasteiger partial charge in [-0.3, -0.25) is 4.79 Å². The average Bonchev–Trinajstić information content (AvgIpc) is 2.08. The van der Waals surface area contributed by atoms with Crippen LogP contribution in [0.3, 0.4) is 0 Å². The van der Waals surface area contributed by atoms with Crippen molar-refractivity contribution in [1.82, 2.24) is 0 Å². The number of carboxylic acid groups (broad SMARTS) is 1. The molecule has 0 aliphatic rings. The van der Waals surface area contributed by atoms with E-state index in [0.29, 0.717) is 11.8 Å². The van der Waals surface area contributed by atoms with Gasteiger partial charge < -0.3 is 5.11 Å². The van der Waals surface area contributed by atoms with E-state index in [1.807, 2.05) is 0 Å². The van der Waals surface area contributed by atoms with Crippen molar-refractivity contribution in [2.45, 2.75) is 66.2 Å². The predicted molar refractivity (Wildman–Crippen MR) is 64.0 cm³/mol. The molecular formula is C13H26O2. The van der Waals surface area contributed by atoms with Gasteiger partial charge in [-0.1, -0.05) is 47.0 Å². The molecule has 0 aromatic rings. The second-order valence-electron chi connectivity index (χ2n) is 5.49. The summed E-state index contributed by atoms with van der Waals surface area (Å²) in [7, 11) is 0. The third-order valence-electron chi connectivity index (χ3n) is 3.06. The molecule has 90 valence electrons. The smallest absolute Gasteiger partial charge is 0.303 e. The second kappa shape index (κ2) is 6.86. The van der Waals surface area contributed by atoms with Crippen LogP contribution < -0.4 is 0 Å². The second-order valence-corrected chi connectivity index (χ2v) is 5.49. The van der Waals surface area contributed by atoms with Crippen LogP contribution in [0.1, 0.15) is 66.2 Å². The SMILES string of the molecule is CCCC(CCCCC(=O)O)C(C)(C)C. The number of rotatable bonds is 7. The molecule has 1 unspecified atom stereocenters. The number of carbonyl (C=O) groups is 1. The standard InChI is InChI=1S/C13H26O2/c1-5-8-11(13(2,3)4)9-6-7-10-12(14)15/h11H,5-10H2,1-4H3,(H,14,15). The third kappa shape index (κ3) is 7.40. The number of unbranched alkanes of at least 4 members (excludes halogenated alkanes) is 1. The molecule has 0 spiro atoms. The quantitative estimate of drug-likeness (QED) is 0.648. The lowest BCUT2D eigenvalue weighted by atomic mass is 9.75. The molecular weight excluding hydrogens is 188 g/mol. The van der Waals surface area contributed by atoms with Crippen molar-refractivity contribution >= 4 is 5.97 Å². The van der Waals surface area contributed by atoms with Crippen molar-refractivity contribution in [2.24, 2.45) is 11.3 Å². The van der Waals surface area contributed by atoms with Crippen LogP contribution >= 0.6 is 0 Å².